The molecule has 0 atom stereocenters. The standard InChI is InChI=1S/C17H20N6O2S/c1-4-23-12(3)20-11(2)16(23)15-9-10-19-17(22-15)21-13-5-7-14(8-6-13)26(18,24)25/h5-10H,4H2,1-3H3,(H2,18,24,25)(H,19,21,22). The van der Waals surface area contributed by atoms with Crippen molar-refractivity contribution in [2.75, 3.05) is 5.32 Å². The van der Waals surface area contributed by atoms with Crippen molar-refractivity contribution in [1.29, 1.82) is 0 Å². The lowest BCUT2D eigenvalue weighted by atomic mass is 10.2. The zero-order valence-electron chi connectivity index (χ0n) is 14.8. The van der Waals surface area contributed by atoms with Crippen LogP contribution in [0, 0.1) is 13.8 Å². The number of rotatable bonds is 5. The fraction of sp³-hybridized carbons (Fsp3) is 0.235. The van der Waals surface area contributed by atoms with Gasteiger partial charge in [-0.1, -0.05) is 0 Å². The summed E-state index contributed by atoms with van der Waals surface area (Å²) in [5.41, 5.74) is 3.29. The third-order valence-electron chi connectivity index (χ3n) is 3.99. The van der Waals surface area contributed by atoms with Gasteiger partial charge in [0.25, 0.3) is 0 Å². The third-order valence-corrected chi connectivity index (χ3v) is 4.92. The predicted octanol–water partition coefficient (Wildman–Crippen LogP) is 2.37. The number of nitrogens with one attached hydrogen (secondary N) is 1. The van der Waals surface area contributed by atoms with E-state index in [0.717, 1.165) is 29.5 Å². The van der Waals surface area contributed by atoms with Crippen molar-refractivity contribution in [3.63, 3.8) is 0 Å². The Balaban J connectivity index is 1.91. The molecular formula is C17H20N6O2S. The Kier molecular flexibility index (Phi) is 4.75. The molecular weight excluding hydrogens is 352 g/mol. The van der Waals surface area contributed by atoms with Crippen LogP contribution in [-0.2, 0) is 16.6 Å². The van der Waals surface area contributed by atoms with E-state index in [0.29, 0.717) is 11.6 Å². The van der Waals surface area contributed by atoms with Crippen LogP contribution in [0.25, 0.3) is 11.4 Å². The Morgan fingerprint density at radius 1 is 1.12 bits per heavy atom. The molecule has 1 aromatic carbocycles. The number of nitrogens with zero attached hydrogens (tertiary/aromatic N) is 4. The smallest absolute Gasteiger partial charge is 0.238 e. The molecule has 0 aliphatic heterocycles. The van der Waals surface area contributed by atoms with Crippen LogP contribution in [0.3, 0.4) is 0 Å². The number of aryl methyl sites for hydroxylation is 2. The van der Waals surface area contributed by atoms with Crippen molar-refractivity contribution in [3.05, 3.63) is 48.0 Å². The molecule has 2 heterocycles. The van der Waals surface area contributed by atoms with Crippen molar-refractivity contribution in [3.8, 4) is 11.4 Å². The fourth-order valence-corrected chi connectivity index (χ4v) is 3.35. The van der Waals surface area contributed by atoms with E-state index in [2.05, 4.69) is 31.8 Å². The summed E-state index contributed by atoms with van der Waals surface area (Å²) in [6.45, 7) is 6.78. The Bertz CT molecular complexity index is 1040. The summed E-state index contributed by atoms with van der Waals surface area (Å²) in [4.78, 5) is 13.4. The van der Waals surface area contributed by atoms with E-state index in [1.807, 2.05) is 19.9 Å². The molecule has 3 rings (SSSR count). The molecule has 26 heavy (non-hydrogen) atoms. The van der Waals surface area contributed by atoms with E-state index in [-0.39, 0.29) is 4.90 Å². The van der Waals surface area contributed by atoms with E-state index in [1.54, 1.807) is 18.3 Å². The van der Waals surface area contributed by atoms with Gasteiger partial charge in [-0.05, 0) is 51.1 Å². The zero-order chi connectivity index (χ0) is 18.9. The van der Waals surface area contributed by atoms with Gasteiger partial charge in [0.15, 0.2) is 0 Å². The van der Waals surface area contributed by atoms with Crippen LogP contribution >= 0.6 is 0 Å². The molecule has 8 nitrogen and oxygen atoms in total. The maximum Gasteiger partial charge on any atom is 0.238 e. The lowest BCUT2D eigenvalue weighted by Crippen LogP contribution is -2.11. The molecule has 0 saturated heterocycles. The van der Waals surface area contributed by atoms with Crippen LogP contribution < -0.4 is 10.5 Å². The molecule has 0 aliphatic rings. The van der Waals surface area contributed by atoms with Crippen LogP contribution in [0.1, 0.15) is 18.4 Å². The van der Waals surface area contributed by atoms with E-state index in [1.165, 1.54) is 12.1 Å². The summed E-state index contributed by atoms with van der Waals surface area (Å²) in [6.07, 6.45) is 1.67. The summed E-state index contributed by atoms with van der Waals surface area (Å²) >= 11 is 0. The quantitative estimate of drug-likeness (QED) is 0.710. The van der Waals surface area contributed by atoms with Crippen molar-refractivity contribution < 1.29 is 8.42 Å². The summed E-state index contributed by atoms with van der Waals surface area (Å²) in [5, 5.41) is 8.17. The molecule has 0 spiro atoms. The maximum atomic E-state index is 11.3. The Morgan fingerprint density at radius 2 is 1.81 bits per heavy atom. The van der Waals surface area contributed by atoms with Crippen LogP contribution in [0.2, 0.25) is 0 Å². The number of benzene rings is 1. The summed E-state index contributed by atoms with van der Waals surface area (Å²) in [5.74, 6) is 1.35. The highest BCUT2D eigenvalue weighted by Gasteiger charge is 2.14. The van der Waals surface area contributed by atoms with Gasteiger partial charge in [-0.3, -0.25) is 0 Å². The first-order valence-electron chi connectivity index (χ1n) is 8.06. The molecule has 0 saturated carbocycles. The second-order valence-electron chi connectivity index (χ2n) is 5.80. The Morgan fingerprint density at radius 3 is 2.42 bits per heavy atom. The number of nitrogens with two attached hydrogens (primary N) is 1. The van der Waals surface area contributed by atoms with Gasteiger partial charge in [-0.25, -0.2) is 28.5 Å². The van der Waals surface area contributed by atoms with Gasteiger partial charge >= 0.3 is 0 Å². The maximum absolute atomic E-state index is 11.3. The molecule has 136 valence electrons. The molecule has 0 aliphatic carbocycles. The highest BCUT2D eigenvalue weighted by Crippen LogP contribution is 2.24. The first kappa shape index (κ1) is 18.0. The summed E-state index contributed by atoms with van der Waals surface area (Å²) < 4.78 is 24.7. The number of hydrogen-bond acceptors (Lipinski definition) is 6. The van der Waals surface area contributed by atoms with Gasteiger partial charge in [0.2, 0.25) is 16.0 Å². The van der Waals surface area contributed by atoms with Crippen molar-refractivity contribution >= 4 is 21.7 Å². The fourth-order valence-electron chi connectivity index (χ4n) is 2.83. The molecule has 0 amide bonds. The largest absolute Gasteiger partial charge is 0.327 e. The number of primary sulfonamides is 1. The molecule has 9 heteroatoms. The number of sulfonamides is 1. The van der Waals surface area contributed by atoms with Crippen LogP contribution in [0.15, 0.2) is 41.4 Å². The first-order chi connectivity index (χ1) is 12.3. The number of imidazole rings is 1. The van der Waals surface area contributed by atoms with Gasteiger partial charge in [0.05, 0.1) is 22.0 Å². The number of hydrogen-bond donors (Lipinski definition) is 2. The van der Waals surface area contributed by atoms with Gasteiger partial charge in [0.1, 0.15) is 5.82 Å². The summed E-state index contributed by atoms with van der Waals surface area (Å²) in [6, 6.07) is 7.93. The molecule has 0 radical (unpaired) electrons. The SMILES string of the molecule is CCn1c(C)nc(C)c1-c1ccnc(Nc2ccc(S(N)(=O)=O)cc2)n1. The monoisotopic (exact) mass is 372 g/mol. The van der Waals surface area contributed by atoms with Crippen LogP contribution in [0.5, 0.6) is 0 Å². The predicted molar refractivity (Wildman–Crippen MR) is 99.5 cm³/mol. The zero-order valence-corrected chi connectivity index (χ0v) is 15.6. The topological polar surface area (TPSA) is 116 Å². The molecule has 0 bridgehead atoms. The van der Waals surface area contributed by atoms with Crippen LogP contribution in [0.4, 0.5) is 11.6 Å². The second-order valence-corrected chi connectivity index (χ2v) is 7.36. The van der Waals surface area contributed by atoms with Gasteiger partial charge in [-0.15, -0.1) is 0 Å². The van der Waals surface area contributed by atoms with Gasteiger partial charge in [-0.2, -0.15) is 0 Å². The number of aromatic nitrogens is 4. The molecule has 0 fully saturated rings. The first-order valence-corrected chi connectivity index (χ1v) is 9.61. The average Bonchev–Trinajstić information content (AvgIpc) is 2.88. The van der Waals surface area contributed by atoms with Gasteiger partial charge in [0, 0.05) is 18.4 Å². The molecule has 3 N–H and O–H groups in total. The highest BCUT2D eigenvalue weighted by atomic mass is 32.2. The van der Waals surface area contributed by atoms with Gasteiger partial charge < -0.3 is 9.88 Å². The Hall–Kier alpha value is -2.78. The second kappa shape index (κ2) is 6.85. The Labute approximate surface area is 152 Å². The molecule has 3 aromatic rings. The van der Waals surface area contributed by atoms with E-state index < -0.39 is 10.0 Å². The molecule has 2 aromatic heterocycles. The summed E-state index contributed by atoms with van der Waals surface area (Å²) in [7, 11) is -3.71. The van der Waals surface area contributed by atoms with Crippen molar-refractivity contribution in [2.45, 2.75) is 32.2 Å². The van der Waals surface area contributed by atoms with E-state index in [9.17, 15) is 8.42 Å². The average molecular weight is 372 g/mol. The highest BCUT2D eigenvalue weighted by molar-refractivity contribution is 7.89. The number of anilines is 2. The normalized spacial score (nSPS) is 11.5. The van der Waals surface area contributed by atoms with Crippen molar-refractivity contribution in [2.24, 2.45) is 5.14 Å². The minimum Gasteiger partial charge on any atom is -0.327 e. The van der Waals surface area contributed by atoms with Crippen molar-refractivity contribution in [1.82, 2.24) is 19.5 Å². The minimum atomic E-state index is -3.71. The van der Waals surface area contributed by atoms with E-state index in [4.69, 9.17) is 5.14 Å². The third kappa shape index (κ3) is 3.58. The lowest BCUT2D eigenvalue weighted by Gasteiger charge is -2.10. The molecule has 0 unspecified atom stereocenters. The van der Waals surface area contributed by atoms with E-state index >= 15 is 0 Å². The van der Waals surface area contributed by atoms with Crippen LogP contribution in [-0.4, -0.2) is 27.9 Å². The minimum absolute atomic E-state index is 0.0515. The lowest BCUT2D eigenvalue weighted by molar-refractivity contribution is 0.598.